The van der Waals surface area contributed by atoms with E-state index in [2.05, 4.69) is 11.4 Å². The number of hydrogen-bond acceptors (Lipinski definition) is 4. The Bertz CT molecular complexity index is 698. The van der Waals surface area contributed by atoms with Gasteiger partial charge in [-0.3, -0.25) is 9.59 Å². The minimum absolute atomic E-state index is 0.103. The normalized spacial score (nSPS) is 22.5. The Balaban J connectivity index is 1.73. The van der Waals surface area contributed by atoms with Gasteiger partial charge in [0, 0.05) is 25.6 Å². The summed E-state index contributed by atoms with van der Waals surface area (Å²) in [6.07, 6.45) is 4.66. The molecule has 0 saturated heterocycles. The number of rotatable bonds is 8. The third-order valence-corrected chi connectivity index (χ3v) is 5.79. The molecule has 1 saturated carbocycles. The average molecular weight is 357 g/mol. The molecular weight excluding hydrogens is 330 g/mol. The molecule has 140 valence electrons. The molecule has 0 bridgehead atoms. The van der Waals surface area contributed by atoms with Gasteiger partial charge in [-0.1, -0.05) is 12.1 Å². The second kappa shape index (κ2) is 7.99. The third kappa shape index (κ3) is 3.51. The van der Waals surface area contributed by atoms with Gasteiger partial charge in [-0.15, -0.1) is 0 Å². The Hall–Kier alpha value is -2.21. The van der Waals surface area contributed by atoms with Crippen molar-refractivity contribution < 1.29 is 14.4 Å². The van der Waals surface area contributed by atoms with E-state index in [0.29, 0.717) is 30.4 Å². The molecule has 1 aliphatic heterocycles. The molecule has 3 rings (SSSR count). The van der Waals surface area contributed by atoms with Crippen LogP contribution in [0.5, 0.6) is 0 Å². The van der Waals surface area contributed by atoms with Crippen LogP contribution in [0.25, 0.3) is 0 Å². The molecule has 1 atom stereocenters. The molecule has 6 heteroatoms. The summed E-state index contributed by atoms with van der Waals surface area (Å²) in [6.45, 7) is 1.18. The Morgan fingerprint density at radius 3 is 2.85 bits per heavy atom. The topological polar surface area (TPSA) is 92.5 Å². The van der Waals surface area contributed by atoms with Crippen LogP contribution in [0, 0.1) is 5.92 Å². The number of aldehydes is 1. The zero-order valence-corrected chi connectivity index (χ0v) is 15.2. The van der Waals surface area contributed by atoms with E-state index in [1.807, 2.05) is 12.1 Å². The van der Waals surface area contributed by atoms with Crippen molar-refractivity contribution in [1.82, 2.24) is 10.2 Å². The van der Waals surface area contributed by atoms with Crippen molar-refractivity contribution >= 4 is 18.1 Å². The van der Waals surface area contributed by atoms with Gasteiger partial charge in [-0.25, -0.2) is 0 Å². The quantitative estimate of drug-likeness (QED) is 0.691. The minimum Gasteiger partial charge on any atom is -0.359 e. The highest BCUT2D eigenvalue weighted by Crippen LogP contribution is 2.46. The van der Waals surface area contributed by atoms with Crippen LogP contribution in [0.3, 0.4) is 0 Å². The zero-order chi connectivity index (χ0) is 18.7. The predicted molar refractivity (Wildman–Crippen MR) is 98.6 cm³/mol. The highest BCUT2D eigenvalue weighted by Gasteiger charge is 2.38. The number of carbonyl (C=O) groups is 3. The van der Waals surface area contributed by atoms with Crippen LogP contribution in [0.2, 0.25) is 0 Å². The van der Waals surface area contributed by atoms with Gasteiger partial charge in [0.1, 0.15) is 6.29 Å². The number of benzene rings is 1. The van der Waals surface area contributed by atoms with Gasteiger partial charge >= 0.3 is 0 Å². The summed E-state index contributed by atoms with van der Waals surface area (Å²) in [5.74, 6) is 0.940. The maximum Gasteiger partial charge on any atom is 0.255 e. The van der Waals surface area contributed by atoms with Gasteiger partial charge in [-0.2, -0.15) is 0 Å². The summed E-state index contributed by atoms with van der Waals surface area (Å²) in [4.78, 5) is 37.5. The van der Waals surface area contributed by atoms with Gasteiger partial charge in [0.2, 0.25) is 5.91 Å². The Kier molecular flexibility index (Phi) is 5.71. The van der Waals surface area contributed by atoms with E-state index < -0.39 is 6.04 Å². The smallest absolute Gasteiger partial charge is 0.255 e. The Labute approximate surface area is 154 Å². The Morgan fingerprint density at radius 1 is 1.42 bits per heavy atom. The summed E-state index contributed by atoms with van der Waals surface area (Å²) in [5, 5.41) is 2.55. The van der Waals surface area contributed by atoms with Crippen molar-refractivity contribution in [2.24, 2.45) is 11.7 Å². The highest BCUT2D eigenvalue weighted by atomic mass is 16.2. The lowest BCUT2D eigenvalue weighted by Crippen LogP contribution is -2.37. The molecule has 1 fully saturated rings. The first kappa shape index (κ1) is 18.6. The van der Waals surface area contributed by atoms with E-state index in [-0.39, 0.29) is 18.2 Å². The second-order valence-electron chi connectivity index (χ2n) is 7.33. The van der Waals surface area contributed by atoms with Crippen LogP contribution >= 0.6 is 0 Å². The number of fused-ring (bicyclic) bond motifs is 1. The third-order valence-electron chi connectivity index (χ3n) is 5.79. The molecular formula is C20H27N3O3. The lowest BCUT2D eigenvalue weighted by molar-refractivity contribution is -0.121. The molecule has 0 radical (unpaired) electrons. The summed E-state index contributed by atoms with van der Waals surface area (Å²) >= 11 is 0. The van der Waals surface area contributed by atoms with Crippen LogP contribution < -0.4 is 11.1 Å². The van der Waals surface area contributed by atoms with Crippen molar-refractivity contribution in [3.63, 3.8) is 0 Å². The number of nitrogens with two attached hydrogens (primary N) is 1. The van der Waals surface area contributed by atoms with Gasteiger partial charge in [0.25, 0.3) is 5.91 Å². The summed E-state index contributed by atoms with van der Waals surface area (Å²) < 4.78 is 0. The van der Waals surface area contributed by atoms with Gasteiger partial charge in [0.15, 0.2) is 0 Å². The second-order valence-corrected chi connectivity index (χ2v) is 7.33. The van der Waals surface area contributed by atoms with Crippen LogP contribution in [0.4, 0.5) is 0 Å². The van der Waals surface area contributed by atoms with Gasteiger partial charge in [0.05, 0.1) is 6.04 Å². The summed E-state index contributed by atoms with van der Waals surface area (Å²) in [5.41, 5.74) is 8.64. The first-order valence-corrected chi connectivity index (χ1v) is 9.37. The van der Waals surface area contributed by atoms with Crippen molar-refractivity contribution in [2.45, 2.75) is 50.6 Å². The van der Waals surface area contributed by atoms with E-state index in [4.69, 9.17) is 5.73 Å². The molecule has 6 nitrogen and oxygen atoms in total. The molecule has 1 unspecified atom stereocenters. The molecule has 1 heterocycles. The van der Waals surface area contributed by atoms with E-state index in [0.717, 1.165) is 37.7 Å². The summed E-state index contributed by atoms with van der Waals surface area (Å²) in [7, 11) is 1.57. The number of nitrogens with one attached hydrogen (secondary N) is 1. The average Bonchev–Trinajstić information content (AvgIpc) is 2.95. The van der Waals surface area contributed by atoms with E-state index in [1.165, 1.54) is 5.56 Å². The zero-order valence-electron chi connectivity index (χ0n) is 15.2. The van der Waals surface area contributed by atoms with Crippen molar-refractivity contribution in [3.05, 3.63) is 34.9 Å². The van der Waals surface area contributed by atoms with Gasteiger partial charge < -0.3 is 20.7 Å². The Morgan fingerprint density at radius 2 is 2.19 bits per heavy atom. The minimum atomic E-state index is -0.563. The van der Waals surface area contributed by atoms with Crippen LogP contribution in [-0.4, -0.2) is 42.6 Å². The molecule has 1 aromatic rings. The maximum atomic E-state index is 12.8. The lowest BCUT2D eigenvalue weighted by Gasteiger charge is -2.36. The fourth-order valence-corrected chi connectivity index (χ4v) is 4.19. The number of amides is 2. The molecule has 3 N–H and O–H groups in total. The molecule has 2 aliphatic rings. The fourth-order valence-electron chi connectivity index (χ4n) is 4.19. The monoisotopic (exact) mass is 357 g/mol. The van der Waals surface area contributed by atoms with Crippen molar-refractivity contribution in [1.29, 1.82) is 0 Å². The summed E-state index contributed by atoms with van der Waals surface area (Å²) in [6, 6.07) is 5.33. The van der Waals surface area contributed by atoms with Crippen molar-refractivity contribution in [3.8, 4) is 0 Å². The number of hydrogen-bond donors (Lipinski definition) is 2. The predicted octanol–water partition coefficient (Wildman–Crippen LogP) is 1.58. The molecule has 2 amide bonds. The molecule has 1 aromatic carbocycles. The number of nitrogens with zero attached hydrogens (tertiary/aromatic N) is 1. The molecule has 0 aromatic heterocycles. The molecule has 1 aliphatic carbocycles. The van der Waals surface area contributed by atoms with E-state index in [1.54, 1.807) is 11.9 Å². The first-order valence-electron chi connectivity index (χ1n) is 9.37. The fraction of sp³-hybridized carbons (Fsp3) is 0.550. The SMILES string of the molecule is CNC(=O)CCC(C=O)N1Cc2c(cccc2C2CC(CCN)C2)C1=O. The standard InChI is InChI=1S/C20H27N3O3/c1-22-19(25)6-5-15(12-24)23-11-18-16(3-2-4-17(18)20(23)26)14-9-13(10-14)7-8-21/h2-4,12-15H,5-11,21H2,1H3,(H,22,25). The van der Waals surface area contributed by atoms with Crippen LogP contribution in [0.15, 0.2) is 18.2 Å². The first-order chi connectivity index (χ1) is 12.6. The highest BCUT2D eigenvalue weighted by molar-refractivity contribution is 6.00. The van der Waals surface area contributed by atoms with Gasteiger partial charge in [-0.05, 0) is 61.3 Å². The maximum absolute atomic E-state index is 12.8. The van der Waals surface area contributed by atoms with E-state index in [9.17, 15) is 14.4 Å². The molecule has 0 spiro atoms. The van der Waals surface area contributed by atoms with Crippen molar-refractivity contribution in [2.75, 3.05) is 13.6 Å². The molecule has 26 heavy (non-hydrogen) atoms. The van der Waals surface area contributed by atoms with Crippen LogP contribution in [0.1, 0.15) is 59.5 Å². The number of carbonyl (C=O) groups excluding carboxylic acids is 3. The van der Waals surface area contributed by atoms with E-state index >= 15 is 0 Å². The lowest BCUT2D eigenvalue weighted by atomic mass is 9.69. The largest absolute Gasteiger partial charge is 0.359 e. The van der Waals surface area contributed by atoms with Crippen LogP contribution in [-0.2, 0) is 16.1 Å².